The Hall–Kier alpha value is -0.495. The molecule has 0 saturated heterocycles. The third-order valence-electron chi connectivity index (χ3n) is 1.81. The van der Waals surface area contributed by atoms with E-state index in [9.17, 15) is 4.79 Å². The molecule has 0 saturated carbocycles. The molecule has 1 aliphatic carbocycles. The van der Waals surface area contributed by atoms with Crippen LogP contribution in [0.4, 0.5) is 0 Å². The van der Waals surface area contributed by atoms with Crippen molar-refractivity contribution in [1.29, 1.82) is 0 Å². The van der Waals surface area contributed by atoms with E-state index in [-0.39, 0.29) is 0 Å². The van der Waals surface area contributed by atoms with Gasteiger partial charge >= 0.3 is 0 Å². The quantitative estimate of drug-likeness (QED) is 0.455. The molecule has 0 bridgehead atoms. The van der Waals surface area contributed by atoms with Crippen LogP contribution < -0.4 is 0 Å². The Kier molecular flexibility index (Phi) is 2.95. The van der Waals surface area contributed by atoms with E-state index >= 15 is 0 Å². The monoisotopic (exact) mass is 167 g/mol. The van der Waals surface area contributed by atoms with Gasteiger partial charge in [-0.25, -0.2) is 0 Å². The third kappa shape index (κ3) is 1.97. The molecule has 0 amide bonds. The fourth-order valence-corrected chi connectivity index (χ4v) is 1.35. The third-order valence-corrected chi connectivity index (χ3v) is 2.17. The molecule has 0 N–H and O–H groups in total. The number of hydrogen-bond acceptors (Lipinski definition) is 1. The van der Waals surface area contributed by atoms with Crippen molar-refractivity contribution >= 4 is 25.2 Å². The Bertz CT molecular complexity index is 230. The first-order chi connectivity index (χ1) is 5.27. The predicted octanol–water partition coefficient (Wildman–Crippen LogP) is 2.11. The number of carbonyl (C=O) groups excluding carboxylic acids is 1. The number of halogens is 1. The van der Waals surface area contributed by atoms with Crippen molar-refractivity contribution in [2.45, 2.75) is 19.7 Å². The van der Waals surface area contributed by atoms with Gasteiger partial charge in [0, 0.05) is 10.6 Å². The molecule has 1 aliphatic rings. The second-order valence-corrected chi connectivity index (χ2v) is 2.91. The van der Waals surface area contributed by atoms with Crippen LogP contribution in [0.5, 0.6) is 0 Å². The van der Waals surface area contributed by atoms with Crippen LogP contribution in [0.2, 0.25) is 6.82 Å². The van der Waals surface area contributed by atoms with Gasteiger partial charge in [-0.3, -0.25) is 4.79 Å². The number of allylic oxidation sites excluding steroid dienone is 4. The van der Waals surface area contributed by atoms with Gasteiger partial charge in [0.05, 0.1) is 0 Å². The van der Waals surface area contributed by atoms with Gasteiger partial charge in [-0.05, 0) is 12.8 Å². The second kappa shape index (κ2) is 3.77. The van der Waals surface area contributed by atoms with Crippen LogP contribution in [0.25, 0.3) is 0 Å². The molecule has 11 heavy (non-hydrogen) atoms. The molecule has 1 radical (unpaired) electrons. The molecule has 0 heterocycles. The number of carbonyl (C=O) groups is 1. The largest absolute Gasteiger partial charge is 0.298 e. The van der Waals surface area contributed by atoms with Crippen LogP contribution in [-0.4, -0.2) is 13.6 Å². The minimum absolute atomic E-state index is 0.597. The molecule has 0 aliphatic heterocycles. The summed E-state index contributed by atoms with van der Waals surface area (Å²) in [5.41, 5.74) is 1.93. The summed E-state index contributed by atoms with van der Waals surface area (Å²) >= 11 is 5.81. The van der Waals surface area contributed by atoms with Crippen molar-refractivity contribution in [1.82, 2.24) is 0 Å². The Labute approximate surface area is 72.4 Å². The molecule has 1 nitrogen and oxygen atoms in total. The van der Waals surface area contributed by atoms with Crippen molar-refractivity contribution in [3.63, 3.8) is 0 Å². The van der Waals surface area contributed by atoms with Gasteiger partial charge in [0.2, 0.25) is 0 Å². The maximum Gasteiger partial charge on any atom is 0.147 e. The molecule has 0 aromatic heterocycles. The molecule has 0 aromatic rings. The van der Waals surface area contributed by atoms with Crippen LogP contribution in [0.15, 0.2) is 22.2 Å². The van der Waals surface area contributed by atoms with E-state index in [1.54, 1.807) is 0 Å². The SMILES string of the molecule is C[B]C1=CC(Cl)=C(C=O)CC1. The van der Waals surface area contributed by atoms with Gasteiger partial charge < -0.3 is 0 Å². The van der Waals surface area contributed by atoms with Crippen LogP contribution in [-0.2, 0) is 4.79 Å². The number of aldehydes is 1. The van der Waals surface area contributed by atoms with Crippen LogP contribution in [0.3, 0.4) is 0 Å². The zero-order valence-corrected chi connectivity index (χ0v) is 7.19. The Morgan fingerprint density at radius 1 is 1.64 bits per heavy atom. The van der Waals surface area contributed by atoms with E-state index in [1.807, 2.05) is 20.2 Å². The zero-order valence-electron chi connectivity index (χ0n) is 6.43. The maximum atomic E-state index is 10.4. The molecule has 0 atom stereocenters. The van der Waals surface area contributed by atoms with Crippen LogP contribution in [0, 0.1) is 0 Å². The lowest BCUT2D eigenvalue weighted by Crippen LogP contribution is -2.00. The number of hydrogen-bond donors (Lipinski definition) is 0. The molecular formula is C8H9BClO. The van der Waals surface area contributed by atoms with E-state index in [0.717, 1.165) is 24.7 Å². The smallest absolute Gasteiger partial charge is 0.147 e. The first-order valence-corrected chi connectivity index (χ1v) is 3.99. The predicted molar refractivity (Wildman–Crippen MR) is 47.9 cm³/mol. The van der Waals surface area contributed by atoms with Crippen LogP contribution >= 0.6 is 11.6 Å². The fraction of sp³-hybridized carbons (Fsp3) is 0.375. The van der Waals surface area contributed by atoms with E-state index in [1.165, 1.54) is 5.47 Å². The van der Waals surface area contributed by atoms with Crippen molar-refractivity contribution in [3.8, 4) is 0 Å². The van der Waals surface area contributed by atoms with Gasteiger partial charge in [-0.2, -0.15) is 0 Å². The van der Waals surface area contributed by atoms with Gasteiger partial charge in [-0.1, -0.05) is 24.5 Å². The molecule has 3 heteroatoms. The van der Waals surface area contributed by atoms with Crippen molar-refractivity contribution in [2.24, 2.45) is 0 Å². The zero-order chi connectivity index (χ0) is 8.27. The van der Waals surface area contributed by atoms with Gasteiger partial charge in [-0.15, -0.1) is 5.47 Å². The average molecular weight is 167 g/mol. The summed E-state index contributed by atoms with van der Waals surface area (Å²) < 4.78 is 0. The lowest BCUT2D eigenvalue weighted by molar-refractivity contribution is -0.105. The van der Waals surface area contributed by atoms with E-state index in [4.69, 9.17) is 11.6 Å². The molecule has 0 unspecified atom stereocenters. The molecule has 1 rings (SSSR count). The summed E-state index contributed by atoms with van der Waals surface area (Å²) in [5.74, 6) is 0. The highest BCUT2D eigenvalue weighted by Crippen LogP contribution is 2.24. The second-order valence-electron chi connectivity index (χ2n) is 2.50. The summed E-state index contributed by atoms with van der Waals surface area (Å²) in [5, 5.41) is 0.597. The lowest BCUT2D eigenvalue weighted by atomic mass is 9.68. The van der Waals surface area contributed by atoms with E-state index in [2.05, 4.69) is 0 Å². The number of rotatable bonds is 2. The normalized spacial score (nSPS) is 17.8. The maximum absolute atomic E-state index is 10.4. The fourth-order valence-electron chi connectivity index (χ4n) is 1.07. The molecule has 57 valence electrons. The topological polar surface area (TPSA) is 17.1 Å². The van der Waals surface area contributed by atoms with E-state index in [0.29, 0.717) is 5.03 Å². The first-order valence-electron chi connectivity index (χ1n) is 3.61. The minimum atomic E-state index is 0.597. The summed E-state index contributed by atoms with van der Waals surface area (Å²) in [6, 6.07) is 0. The highest BCUT2D eigenvalue weighted by Gasteiger charge is 2.09. The highest BCUT2D eigenvalue weighted by atomic mass is 35.5. The molecule has 0 aromatic carbocycles. The van der Waals surface area contributed by atoms with Crippen molar-refractivity contribution in [2.75, 3.05) is 0 Å². The molecular weight excluding hydrogens is 158 g/mol. The summed E-state index contributed by atoms with van der Waals surface area (Å²) in [4.78, 5) is 10.4. The summed E-state index contributed by atoms with van der Waals surface area (Å²) in [7, 11) is 2.02. The van der Waals surface area contributed by atoms with Gasteiger partial charge in [0.25, 0.3) is 0 Å². The Balaban J connectivity index is 2.84. The van der Waals surface area contributed by atoms with Crippen LogP contribution in [0.1, 0.15) is 12.8 Å². The summed E-state index contributed by atoms with van der Waals surface area (Å²) in [6.07, 6.45) is 4.40. The first kappa shape index (κ1) is 8.60. The molecule has 0 fully saturated rings. The lowest BCUT2D eigenvalue weighted by Gasteiger charge is -2.11. The van der Waals surface area contributed by atoms with Gasteiger partial charge in [0.1, 0.15) is 13.6 Å². The van der Waals surface area contributed by atoms with E-state index < -0.39 is 0 Å². The molecule has 0 spiro atoms. The standard InChI is InChI=1S/C8H9BClO/c1-9-7-3-2-6(5-11)8(10)4-7/h4-5H,2-3H2,1H3. The Morgan fingerprint density at radius 2 is 2.36 bits per heavy atom. The average Bonchev–Trinajstić information content (AvgIpc) is 2.04. The Morgan fingerprint density at radius 3 is 2.82 bits per heavy atom. The van der Waals surface area contributed by atoms with Crippen molar-refractivity contribution < 1.29 is 4.79 Å². The van der Waals surface area contributed by atoms with Crippen molar-refractivity contribution in [3.05, 3.63) is 22.2 Å². The minimum Gasteiger partial charge on any atom is -0.298 e. The van der Waals surface area contributed by atoms with Gasteiger partial charge in [0.15, 0.2) is 0 Å². The summed E-state index contributed by atoms with van der Waals surface area (Å²) in [6.45, 7) is 1.97. The highest BCUT2D eigenvalue weighted by molar-refractivity contribution is 6.44.